The van der Waals surface area contributed by atoms with Crippen molar-refractivity contribution in [1.82, 2.24) is 0 Å². The van der Waals surface area contributed by atoms with Gasteiger partial charge in [0.05, 0.1) is 12.2 Å². The van der Waals surface area contributed by atoms with Gasteiger partial charge in [0.15, 0.2) is 0 Å². The average molecular weight is 267 g/mol. The molecule has 0 heterocycles. The van der Waals surface area contributed by atoms with Crippen molar-refractivity contribution in [1.29, 1.82) is 0 Å². The van der Waals surface area contributed by atoms with Crippen molar-refractivity contribution >= 4 is 8.80 Å². The molecular formula is C10H25NO5Si. The molecule has 0 aromatic carbocycles. The van der Waals surface area contributed by atoms with Crippen molar-refractivity contribution in [2.24, 2.45) is 5.73 Å². The van der Waals surface area contributed by atoms with Crippen LogP contribution in [0.5, 0.6) is 0 Å². The van der Waals surface area contributed by atoms with Gasteiger partial charge in [-0.2, -0.15) is 0 Å². The Morgan fingerprint density at radius 3 is 1.82 bits per heavy atom. The van der Waals surface area contributed by atoms with Gasteiger partial charge in [-0.3, -0.25) is 0 Å². The Morgan fingerprint density at radius 1 is 0.941 bits per heavy atom. The second-order valence-corrected chi connectivity index (χ2v) is 7.05. The van der Waals surface area contributed by atoms with E-state index in [1.54, 1.807) is 21.3 Å². The molecule has 2 atom stereocenters. The van der Waals surface area contributed by atoms with Crippen molar-refractivity contribution < 1.29 is 23.5 Å². The summed E-state index contributed by atoms with van der Waals surface area (Å²) in [5.41, 5.74) is 5.28. The summed E-state index contributed by atoms with van der Waals surface area (Å²) < 4.78 is 15.7. The predicted octanol–water partition coefficient (Wildman–Crippen LogP) is -0.285. The minimum absolute atomic E-state index is 0.222. The van der Waals surface area contributed by atoms with Crippen LogP contribution in [0.15, 0.2) is 0 Å². The monoisotopic (exact) mass is 267 g/mol. The van der Waals surface area contributed by atoms with E-state index in [0.717, 1.165) is 0 Å². The van der Waals surface area contributed by atoms with Crippen LogP contribution in [-0.4, -0.2) is 59.1 Å². The largest absolute Gasteiger partial charge is 0.500 e. The Morgan fingerprint density at radius 2 is 1.41 bits per heavy atom. The summed E-state index contributed by atoms with van der Waals surface area (Å²) in [5, 5.41) is 19.0. The number of nitrogens with two attached hydrogens (primary N) is 1. The highest BCUT2D eigenvalue weighted by atomic mass is 28.4. The van der Waals surface area contributed by atoms with Crippen LogP contribution in [0, 0.1) is 0 Å². The molecule has 104 valence electrons. The molecule has 0 radical (unpaired) electrons. The first kappa shape index (κ1) is 17.0. The molecule has 0 aliphatic heterocycles. The fraction of sp³-hybridized carbons (Fsp3) is 1.00. The van der Waals surface area contributed by atoms with Crippen LogP contribution in [0.1, 0.15) is 19.3 Å². The fourth-order valence-electron chi connectivity index (χ4n) is 1.55. The highest BCUT2D eigenvalue weighted by molar-refractivity contribution is 6.60. The van der Waals surface area contributed by atoms with Gasteiger partial charge in [-0.1, -0.05) is 0 Å². The van der Waals surface area contributed by atoms with Gasteiger partial charge in [0, 0.05) is 33.9 Å². The molecule has 0 amide bonds. The van der Waals surface area contributed by atoms with Gasteiger partial charge < -0.3 is 29.2 Å². The summed E-state index contributed by atoms with van der Waals surface area (Å²) in [6.07, 6.45) is 0.500. The van der Waals surface area contributed by atoms with Gasteiger partial charge in [0.2, 0.25) is 0 Å². The second-order valence-electron chi connectivity index (χ2n) is 3.95. The van der Waals surface area contributed by atoms with Crippen LogP contribution >= 0.6 is 0 Å². The van der Waals surface area contributed by atoms with Gasteiger partial charge in [-0.25, -0.2) is 0 Å². The highest BCUT2D eigenvalue weighted by Gasteiger charge is 2.37. The van der Waals surface area contributed by atoms with Crippen molar-refractivity contribution in [3.05, 3.63) is 0 Å². The van der Waals surface area contributed by atoms with Crippen molar-refractivity contribution in [3.8, 4) is 0 Å². The molecular weight excluding hydrogens is 242 g/mol. The molecule has 0 saturated carbocycles. The van der Waals surface area contributed by atoms with E-state index in [2.05, 4.69) is 0 Å². The second kappa shape index (κ2) is 8.98. The van der Waals surface area contributed by atoms with Gasteiger partial charge in [0.25, 0.3) is 0 Å². The maximum Gasteiger partial charge on any atom is 0.500 e. The molecule has 4 N–H and O–H groups in total. The molecule has 7 heteroatoms. The molecule has 0 aliphatic carbocycles. The summed E-state index contributed by atoms with van der Waals surface area (Å²) in [5.74, 6) is 0. The predicted molar refractivity (Wildman–Crippen MR) is 66.5 cm³/mol. The lowest BCUT2D eigenvalue weighted by molar-refractivity contribution is 0.0969. The standard InChI is InChI=1S/C10H25NO5Si/c1-14-17(15-2,16-3)7-6-9(12)4-5-10(13)8-11/h9-10,12-13H,4-8,11H2,1-3H3. The lowest BCUT2D eigenvalue weighted by Gasteiger charge is -2.25. The molecule has 0 bridgehead atoms. The Labute approximate surface area is 104 Å². The van der Waals surface area contributed by atoms with E-state index in [-0.39, 0.29) is 6.54 Å². The Balaban J connectivity index is 3.92. The first-order valence-corrected chi connectivity index (χ1v) is 7.68. The van der Waals surface area contributed by atoms with E-state index in [0.29, 0.717) is 25.3 Å². The van der Waals surface area contributed by atoms with Crippen molar-refractivity contribution in [2.75, 3.05) is 27.9 Å². The molecule has 6 nitrogen and oxygen atoms in total. The van der Waals surface area contributed by atoms with Gasteiger partial charge in [-0.05, 0) is 19.3 Å². The van der Waals surface area contributed by atoms with Crippen molar-refractivity contribution in [3.63, 3.8) is 0 Å². The third kappa shape index (κ3) is 6.46. The average Bonchev–Trinajstić information content (AvgIpc) is 2.38. The van der Waals surface area contributed by atoms with Crippen LogP contribution in [0.2, 0.25) is 6.04 Å². The lowest BCUT2D eigenvalue weighted by atomic mass is 10.1. The summed E-state index contributed by atoms with van der Waals surface area (Å²) in [6.45, 7) is 0.222. The van der Waals surface area contributed by atoms with E-state index >= 15 is 0 Å². The molecule has 0 aromatic rings. The fourth-order valence-corrected chi connectivity index (χ4v) is 3.35. The molecule has 0 aromatic heterocycles. The molecule has 0 fully saturated rings. The van der Waals surface area contributed by atoms with Crippen LogP contribution in [0.25, 0.3) is 0 Å². The number of hydrogen-bond acceptors (Lipinski definition) is 6. The Kier molecular flexibility index (Phi) is 8.97. The minimum atomic E-state index is -2.59. The Bertz CT molecular complexity index is 183. The molecule has 0 saturated heterocycles. The van der Waals surface area contributed by atoms with E-state index < -0.39 is 21.0 Å². The van der Waals surface area contributed by atoms with Gasteiger partial charge >= 0.3 is 8.80 Å². The normalized spacial score (nSPS) is 15.9. The molecule has 17 heavy (non-hydrogen) atoms. The molecule has 2 unspecified atom stereocenters. The zero-order valence-corrected chi connectivity index (χ0v) is 11.9. The number of rotatable bonds is 10. The summed E-state index contributed by atoms with van der Waals surface area (Å²) >= 11 is 0. The number of aliphatic hydroxyl groups excluding tert-OH is 2. The maximum absolute atomic E-state index is 9.75. The SMILES string of the molecule is CO[Si](CCC(O)CCC(O)CN)(OC)OC. The maximum atomic E-state index is 9.75. The first-order valence-electron chi connectivity index (χ1n) is 5.75. The van der Waals surface area contributed by atoms with Crippen LogP contribution in [0.4, 0.5) is 0 Å². The number of aliphatic hydroxyl groups is 2. The molecule has 0 spiro atoms. The van der Waals surface area contributed by atoms with E-state index in [1.165, 1.54) is 0 Å². The topological polar surface area (TPSA) is 94.2 Å². The van der Waals surface area contributed by atoms with Crippen molar-refractivity contribution in [2.45, 2.75) is 37.5 Å². The van der Waals surface area contributed by atoms with E-state index in [1.807, 2.05) is 0 Å². The quantitative estimate of drug-likeness (QED) is 0.471. The van der Waals surface area contributed by atoms with Crippen LogP contribution in [0.3, 0.4) is 0 Å². The Hall–Kier alpha value is -0.0231. The lowest BCUT2D eigenvalue weighted by Crippen LogP contribution is -2.43. The van der Waals surface area contributed by atoms with Gasteiger partial charge in [0.1, 0.15) is 0 Å². The number of hydrogen-bond donors (Lipinski definition) is 3. The van der Waals surface area contributed by atoms with Gasteiger partial charge in [-0.15, -0.1) is 0 Å². The zero-order valence-electron chi connectivity index (χ0n) is 10.9. The summed E-state index contributed by atoms with van der Waals surface area (Å²) in [6, 6.07) is 0.552. The summed E-state index contributed by atoms with van der Waals surface area (Å²) in [7, 11) is 2.04. The van der Waals surface area contributed by atoms with Crippen LogP contribution in [-0.2, 0) is 13.3 Å². The first-order chi connectivity index (χ1) is 8.03. The third-order valence-corrected chi connectivity index (χ3v) is 5.59. The smallest absolute Gasteiger partial charge is 0.393 e. The highest BCUT2D eigenvalue weighted by Crippen LogP contribution is 2.18. The molecule has 0 aliphatic rings. The molecule has 0 rings (SSSR count). The third-order valence-electron chi connectivity index (χ3n) is 2.82. The van der Waals surface area contributed by atoms with Crippen LogP contribution < -0.4 is 5.73 Å². The van der Waals surface area contributed by atoms with E-state index in [4.69, 9.17) is 19.0 Å². The minimum Gasteiger partial charge on any atom is -0.393 e. The summed E-state index contributed by atoms with van der Waals surface area (Å²) in [4.78, 5) is 0. The van der Waals surface area contributed by atoms with E-state index in [9.17, 15) is 10.2 Å². The zero-order chi connectivity index (χ0) is 13.3.